The normalized spacial score (nSPS) is 15.2. The number of aromatic nitrogens is 5. The van der Waals surface area contributed by atoms with E-state index in [2.05, 4.69) is 25.0 Å². The second kappa shape index (κ2) is 12.6. The first-order valence-corrected chi connectivity index (χ1v) is 13.9. The standard InChI is InChI=1S/C26H28F2N8O3S/c1-2-29-26-30-14-16(15-31-26)24-34-21-7-6-20(33-23(21)25(35-24)36-10-12-39-13-11-36)18-5-3-4-17(22(18)28)19(27)8-9-32-40(37)38/h3-7,14-15,19,32H,2,8-13H2,1H3,(H,37,38)(H,29,30,31)/p-1. The zero-order chi connectivity index (χ0) is 28.1. The van der Waals surface area contributed by atoms with Gasteiger partial charge in [-0.05, 0) is 31.5 Å². The first-order chi connectivity index (χ1) is 19.4. The SMILES string of the molecule is CCNc1ncc(-c2nc(N3CCOCC3)c3nc(-c4cccc(C(F)CCNS(=O)[O-])c4F)ccc3n2)cn1. The minimum atomic E-state index is -2.52. The van der Waals surface area contributed by atoms with Gasteiger partial charge >= 0.3 is 0 Å². The van der Waals surface area contributed by atoms with Crippen LogP contribution >= 0.6 is 0 Å². The van der Waals surface area contributed by atoms with Gasteiger partial charge in [0.05, 0.1) is 30.0 Å². The summed E-state index contributed by atoms with van der Waals surface area (Å²) in [5, 5.41) is 3.05. The molecule has 0 saturated carbocycles. The number of rotatable bonds is 10. The molecule has 210 valence electrons. The van der Waals surface area contributed by atoms with E-state index in [9.17, 15) is 13.2 Å². The largest absolute Gasteiger partial charge is 0.760 e. The fourth-order valence-electron chi connectivity index (χ4n) is 4.38. The van der Waals surface area contributed by atoms with E-state index in [-0.39, 0.29) is 24.1 Å². The number of benzene rings is 1. The van der Waals surface area contributed by atoms with Crippen LogP contribution in [0, 0.1) is 5.82 Å². The molecule has 0 bridgehead atoms. The number of nitrogens with zero attached hydrogens (tertiary/aromatic N) is 6. The molecule has 0 radical (unpaired) electrons. The Hall–Kier alpha value is -3.72. The summed E-state index contributed by atoms with van der Waals surface area (Å²) in [5.41, 5.74) is 1.89. The van der Waals surface area contributed by atoms with Crippen molar-refractivity contribution in [3.05, 3.63) is 54.1 Å². The summed E-state index contributed by atoms with van der Waals surface area (Å²) in [5.74, 6) is 0.738. The number of pyridine rings is 1. The van der Waals surface area contributed by atoms with E-state index in [1.165, 1.54) is 12.1 Å². The monoisotopic (exact) mass is 569 g/mol. The van der Waals surface area contributed by atoms with Crippen LogP contribution in [0.1, 0.15) is 25.1 Å². The molecule has 5 rings (SSSR count). The van der Waals surface area contributed by atoms with Crippen molar-refractivity contribution in [2.75, 3.05) is 49.6 Å². The van der Waals surface area contributed by atoms with E-state index in [1.54, 1.807) is 30.6 Å². The Bertz CT molecular complexity index is 1510. The van der Waals surface area contributed by atoms with Gasteiger partial charge in [0.2, 0.25) is 5.95 Å². The Kier molecular flexibility index (Phi) is 8.79. The molecule has 1 aromatic carbocycles. The molecule has 1 saturated heterocycles. The van der Waals surface area contributed by atoms with Gasteiger partial charge in [-0.3, -0.25) is 4.21 Å². The Morgan fingerprint density at radius 1 is 1.12 bits per heavy atom. The van der Waals surface area contributed by atoms with Crippen LogP contribution in [0.4, 0.5) is 20.5 Å². The average molecular weight is 570 g/mol. The summed E-state index contributed by atoms with van der Waals surface area (Å²) in [7, 11) is 0. The Morgan fingerprint density at radius 2 is 1.90 bits per heavy atom. The number of ether oxygens (including phenoxy) is 1. The van der Waals surface area contributed by atoms with Crippen LogP contribution < -0.4 is 14.9 Å². The highest BCUT2D eigenvalue weighted by Crippen LogP contribution is 2.33. The van der Waals surface area contributed by atoms with E-state index in [0.29, 0.717) is 72.7 Å². The highest BCUT2D eigenvalue weighted by atomic mass is 32.2. The Labute approximate surface area is 231 Å². The molecule has 0 amide bonds. The first-order valence-electron chi connectivity index (χ1n) is 12.8. The summed E-state index contributed by atoms with van der Waals surface area (Å²) < 4.78 is 59.3. The summed E-state index contributed by atoms with van der Waals surface area (Å²) in [6, 6.07) is 7.77. The van der Waals surface area contributed by atoms with E-state index in [0.717, 1.165) is 0 Å². The lowest BCUT2D eigenvalue weighted by Crippen LogP contribution is -2.37. The lowest BCUT2D eigenvalue weighted by Gasteiger charge is -2.28. The maximum atomic E-state index is 15.5. The number of hydrogen-bond donors (Lipinski definition) is 2. The zero-order valence-electron chi connectivity index (χ0n) is 21.6. The highest BCUT2D eigenvalue weighted by molar-refractivity contribution is 7.77. The first kappa shape index (κ1) is 27.8. The van der Waals surface area contributed by atoms with E-state index in [4.69, 9.17) is 14.7 Å². The molecule has 40 heavy (non-hydrogen) atoms. The topological polar surface area (TPSA) is 141 Å². The minimum Gasteiger partial charge on any atom is -0.760 e. The molecule has 11 nitrogen and oxygen atoms in total. The maximum Gasteiger partial charge on any atom is 0.222 e. The average Bonchev–Trinajstić information content (AvgIpc) is 2.97. The van der Waals surface area contributed by atoms with Crippen molar-refractivity contribution in [2.24, 2.45) is 0 Å². The molecule has 2 N–H and O–H groups in total. The minimum absolute atomic E-state index is 0.117. The summed E-state index contributed by atoms with van der Waals surface area (Å²) >= 11 is -2.52. The number of morpholine rings is 1. The van der Waals surface area contributed by atoms with Crippen molar-refractivity contribution in [3.63, 3.8) is 0 Å². The number of alkyl halides is 1. The Balaban J connectivity index is 1.54. The molecule has 1 aliphatic rings. The van der Waals surface area contributed by atoms with Crippen LogP contribution in [0.3, 0.4) is 0 Å². The number of nitrogens with one attached hydrogen (secondary N) is 2. The number of hydrogen-bond acceptors (Lipinski definition) is 10. The lowest BCUT2D eigenvalue weighted by molar-refractivity contribution is 0.122. The predicted molar refractivity (Wildman–Crippen MR) is 146 cm³/mol. The quantitative estimate of drug-likeness (QED) is 0.273. The van der Waals surface area contributed by atoms with Crippen LogP contribution in [0.25, 0.3) is 33.7 Å². The van der Waals surface area contributed by atoms with Crippen molar-refractivity contribution in [1.29, 1.82) is 0 Å². The van der Waals surface area contributed by atoms with Crippen molar-refractivity contribution in [1.82, 2.24) is 29.6 Å². The van der Waals surface area contributed by atoms with Gasteiger partial charge in [-0.1, -0.05) is 12.1 Å². The third kappa shape index (κ3) is 6.20. The lowest BCUT2D eigenvalue weighted by atomic mass is 10.0. The molecule has 4 heterocycles. The molecule has 0 spiro atoms. The van der Waals surface area contributed by atoms with Crippen LogP contribution in [-0.2, 0) is 16.0 Å². The van der Waals surface area contributed by atoms with Gasteiger partial charge in [-0.2, -0.15) is 0 Å². The second-order valence-electron chi connectivity index (χ2n) is 8.95. The number of halogens is 2. The van der Waals surface area contributed by atoms with Crippen LogP contribution in [-0.4, -0.2) is 73.1 Å². The van der Waals surface area contributed by atoms with Gasteiger partial charge in [-0.25, -0.2) is 38.4 Å². The van der Waals surface area contributed by atoms with Crippen molar-refractivity contribution < 1.29 is 22.3 Å². The van der Waals surface area contributed by atoms with E-state index in [1.807, 2.05) is 11.8 Å². The summed E-state index contributed by atoms with van der Waals surface area (Å²) in [4.78, 5) is 24.9. The van der Waals surface area contributed by atoms with Gasteiger partial charge < -0.3 is 19.5 Å². The molecule has 3 aromatic heterocycles. The van der Waals surface area contributed by atoms with Crippen LogP contribution in [0.15, 0.2) is 42.7 Å². The third-order valence-electron chi connectivity index (χ3n) is 6.34. The number of fused-ring (bicyclic) bond motifs is 1. The molecule has 2 atom stereocenters. The van der Waals surface area contributed by atoms with Crippen LogP contribution in [0.2, 0.25) is 0 Å². The zero-order valence-corrected chi connectivity index (χ0v) is 22.5. The second-order valence-corrected chi connectivity index (χ2v) is 9.71. The van der Waals surface area contributed by atoms with E-state index >= 15 is 4.39 Å². The highest BCUT2D eigenvalue weighted by Gasteiger charge is 2.22. The molecule has 2 unspecified atom stereocenters. The van der Waals surface area contributed by atoms with Gasteiger partial charge in [0.1, 0.15) is 17.5 Å². The van der Waals surface area contributed by atoms with E-state index < -0.39 is 23.3 Å². The van der Waals surface area contributed by atoms with Gasteiger partial charge in [-0.15, -0.1) is 0 Å². The smallest absolute Gasteiger partial charge is 0.222 e. The molecular weight excluding hydrogens is 542 g/mol. The number of anilines is 2. The van der Waals surface area contributed by atoms with Gasteiger partial charge in [0, 0.05) is 61.0 Å². The van der Waals surface area contributed by atoms with Crippen LogP contribution in [0.5, 0.6) is 0 Å². The fraction of sp³-hybridized carbons (Fsp3) is 0.346. The summed E-state index contributed by atoms with van der Waals surface area (Å²) in [6.45, 7) is 4.70. The molecule has 14 heteroatoms. The fourth-order valence-corrected chi connectivity index (χ4v) is 4.67. The third-order valence-corrected chi connectivity index (χ3v) is 6.78. The Morgan fingerprint density at radius 3 is 2.62 bits per heavy atom. The molecule has 0 aliphatic carbocycles. The maximum absolute atomic E-state index is 15.5. The van der Waals surface area contributed by atoms with Crippen molar-refractivity contribution in [3.8, 4) is 22.6 Å². The molecular formula is C26H27F2N8O3S-. The van der Waals surface area contributed by atoms with Crippen molar-refractivity contribution >= 4 is 34.1 Å². The molecule has 1 fully saturated rings. The molecule has 1 aliphatic heterocycles. The van der Waals surface area contributed by atoms with Gasteiger partial charge in [0.15, 0.2) is 11.6 Å². The molecule has 4 aromatic rings. The van der Waals surface area contributed by atoms with Crippen molar-refractivity contribution in [2.45, 2.75) is 19.5 Å². The van der Waals surface area contributed by atoms with Gasteiger partial charge in [0.25, 0.3) is 0 Å². The predicted octanol–water partition coefficient (Wildman–Crippen LogP) is 3.34. The summed E-state index contributed by atoms with van der Waals surface area (Å²) in [6.07, 6.45) is 1.38.